The first-order chi connectivity index (χ1) is 20.1. The van der Waals surface area contributed by atoms with Gasteiger partial charge in [0.25, 0.3) is 0 Å². The molecule has 0 saturated carbocycles. The normalized spacial score (nSPS) is 11.2. The maximum atomic E-state index is 15.3. The molecular weight excluding hydrogens is 519 g/mol. The number of nitrogens with zero attached hydrogens (tertiary/aromatic N) is 5. The van der Waals surface area contributed by atoms with Gasteiger partial charge in [0.05, 0.1) is 35.0 Å². The molecule has 0 saturated heterocycles. The predicted octanol–water partition coefficient (Wildman–Crippen LogP) is 5.95. The summed E-state index contributed by atoms with van der Waals surface area (Å²) in [4.78, 5) is 33.7. The Hall–Kier alpha value is -5.77. The first-order valence-corrected chi connectivity index (χ1v) is 12.8. The number of halogens is 1. The Morgan fingerprint density at radius 1 is 0.854 bits per heavy atom. The SMILES string of the molecule is O=C(Cc1ccccc1)Nc1cncc(-c2cc3c(-c4nc5c(-c6cccnc6)nccc5[nH]4)n[nH]c3cc2F)c1. The minimum atomic E-state index is -0.449. The van der Waals surface area contributed by atoms with Gasteiger partial charge in [-0.1, -0.05) is 30.3 Å². The van der Waals surface area contributed by atoms with E-state index in [-0.39, 0.29) is 12.3 Å². The van der Waals surface area contributed by atoms with E-state index in [4.69, 9.17) is 4.98 Å². The lowest BCUT2D eigenvalue weighted by Crippen LogP contribution is -2.14. The minimum Gasteiger partial charge on any atom is -0.336 e. The highest BCUT2D eigenvalue weighted by Gasteiger charge is 2.18. The van der Waals surface area contributed by atoms with Gasteiger partial charge in [0, 0.05) is 52.9 Å². The standard InChI is InChI=1S/C31H21FN8O/c32-24-14-26-23(13-22(24)20-12-21(17-34-16-20)36-27(41)11-18-5-2-1-3-6-18)29(40-39-26)31-37-25-8-10-35-28(30(25)38-31)19-7-4-9-33-15-19/h1-10,12-17H,11H2,(H,36,41)(H,37,38)(H,39,40). The molecule has 1 amide bonds. The highest BCUT2D eigenvalue weighted by Crippen LogP contribution is 2.34. The minimum absolute atomic E-state index is 0.187. The summed E-state index contributed by atoms with van der Waals surface area (Å²) in [6.07, 6.45) is 8.47. The number of carbonyl (C=O) groups excluding carboxylic acids is 1. The quantitative estimate of drug-likeness (QED) is 0.240. The smallest absolute Gasteiger partial charge is 0.228 e. The van der Waals surface area contributed by atoms with Crippen LogP contribution in [0.5, 0.6) is 0 Å². The molecule has 198 valence electrons. The van der Waals surface area contributed by atoms with Crippen LogP contribution in [0.15, 0.2) is 97.7 Å². The van der Waals surface area contributed by atoms with E-state index in [1.807, 2.05) is 48.5 Å². The molecule has 0 bridgehead atoms. The molecule has 0 radical (unpaired) electrons. The fraction of sp³-hybridized carbons (Fsp3) is 0.0323. The molecule has 9 nitrogen and oxygen atoms in total. The third-order valence-electron chi connectivity index (χ3n) is 6.75. The van der Waals surface area contributed by atoms with Crippen molar-refractivity contribution in [3.05, 3.63) is 109 Å². The van der Waals surface area contributed by atoms with Gasteiger partial charge in [-0.2, -0.15) is 5.10 Å². The highest BCUT2D eigenvalue weighted by molar-refractivity contribution is 5.98. The molecule has 5 heterocycles. The van der Waals surface area contributed by atoms with Gasteiger partial charge in [-0.15, -0.1) is 0 Å². The zero-order valence-corrected chi connectivity index (χ0v) is 21.5. The van der Waals surface area contributed by atoms with E-state index in [0.29, 0.717) is 50.4 Å². The zero-order chi connectivity index (χ0) is 27.8. The van der Waals surface area contributed by atoms with Gasteiger partial charge < -0.3 is 10.3 Å². The van der Waals surface area contributed by atoms with Gasteiger partial charge in [-0.05, 0) is 35.9 Å². The average Bonchev–Trinajstić information content (AvgIpc) is 3.61. The molecule has 5 aromatic heterocycles. The van der Waals surface area contributed by atoms with Crippen molar-refractivity contribution in [1.82, 2.24) is 35.1 Å². The van der Waals surface area contributed by atoms with Crippen LogP contribution in [-0.4, -0.2) is 41.0 Å². The van der Waals surface area contributed by atoms with Gasteiger partial charge in [0.15, 0.2) is 5.82 Å². The summed E-state index contributed by atoms with van der Waals surface area (Å²) in [5, 5.41) is 10.9. The number of fused-ring (bicyclic) bond motifs is 2. The molecular formula is C31H21FN8O. The molecule has 0 atom stereocenters. The van der Waals surface area contributed by atoms with Crippen LogP contribution in [0.1, 0.15) is 5.56 Å². The number of benzene rings is 2. The van der Waals surface area contributed by atoms with Gasteiger partial charge in [0.1, 0.15) is 17.0 Å². The lowest BCUT2D eigenvalue weighted by Gasteiger charge is -2.08. The van der Waals surface area contributed by atoms with Crippen molar-refractivity contribution in [2.75, 3.05) is 5.32 Å². The van der Waals surface area contributed by atoms with E-state index in [0.717, 1.165) is 16.6 Å². The summed E-state index contributed by atoms with van der Waals surface area (Å²) >= 11 is 0. The predicted molar refractivity (Wildman–Crippen MR) is 154 cm³/mol. The molecule has 0 aliphatic rings. The molecule has 0 spiro atoms. The van der Waals surface area contributed by atoms with Crippen molar-refractivity contribution in [2.24, 2.45) is 0 Å². The van der Waals surface area contributed by atoms with Crippen LogP contribution >= 0.6 is 0 Å². The van der Waals surface area contributed by atoms with Gasteiger partial charge in [-0.3, -0.25) is 24.8 Å². The average molecular weight is 541 g/mol. The third kappa shape index (κ3) is 4.67. The van der Waals surface area contributed by atoms with Crippen LogP contribution in [0.2, 0.25) is 0 Å². The molecule has 41 heavy (non-hydrogen) atoms. The van der Waals surface area contributed by atoms with Gasteiger partial charge in [-0.25, -0.2) is 9.37 Å². The second-order valence-corrected chi connectivity index (χ2v) is 9.51. The van der Waals surface area contributed by atoms with Crippen LogP contribution < -0.4 is 5.32 Å². The van der Waals surface area contributed by atoms with Crippen LogP contribution in [0.3, 0.4) is 0 Å². The van der Waals surface area contributed by atoms with Crippen LogP contribution in [0.4, 0.5) is 10.1 Å². The van der Waals surface area contributed by atoms with E-state index in [9.17, 15) is 4.79 Å². The molecule has 0 aliphatic heterocycles. The number of aromatic amines is 2. The van der Waals surface area contributed by atoms with E-state index in [1.165, 1.54) is 12.3 Å². The van der Waals surface area contributed by atoms with E-state index in [2.05, 4.69) is 35.5 Å². The number of pyridine rings is 3. The Bertz CT molecular complexity index is 2040. The van der Waals surface area contributed by atoms with Gasteiger partial charge in [0.2, 0.25) is 5.91 Å². The number of imidazole rings is 1. The Labute approximate surface area is 232 Å². The molecule has 10 heteroatoms. The molecule has 2 aromatic carbocycles. The molecule has 0 unspecified atom stereocenters. The van der Waals surface area contributed by atoms with Crippen molar-refractivity contribution in [3.8, 4) is 33.9 Å². The summed E-state index contributed by atoms with van der Waals surface area (Å²) in [6.45, 7) is 0. The van der Waals surface area contributed by atoms with E-state index in [1.54, 1.807) is 36.9 Å². The van der Waals surface area contributed by atoms with Gasteiger partial charge >= 0.3 is 0 Å². The number of amides is 1. The summed E-state index contributed by atoms with van der Waals surface area (Å²) in [7, 11) is 0. The first kappa shape index (κ1) is 24.3. The number of carbonyl (C=O) groups is 1. The second-order valence-electron chi connectivity index (χ2n) is 9.51. The van der Waals surface area contributed by atoms with Crippen molar-refractivity contribution in [2.45, 2.75) is 6.42 Å². The lowest BCUT2D eigenvalue weighted by molar-refractivity contribution is -0.115. The fourth-order valence-corrected chi connectivity index (χ4v) is 4.84. The zero-order valence-electron chi connectivity index (χ0n) is 21.5. The largest absolute Gasteiger partial charge is 0.336 e. The summed E-state index contributed by atoms with van der Waals surface area (Å²) < 4.78 is 15.3. The Morgan fingerprint density at radius 2 is 1.73 bits per heavy atom. The highest BCUT2D eigenvalue weighted by atomic mass is 19.1. The number of nitrogens with one attached hydrogen (secondary N) is 3. The van der Waals surface area contributed by atoms with Crippen LogP contribution in [0, 0.1) is 5.82 Å². The van der Waals surface area contributed by atoms with E-state index < -0.39 is 5.82 Å². The number of aromatic nitrogens is 7. The van der Waals surface area contributed by atoms with Crippen LogP contribution in [0.25, 0.3) is 55.8 Å². The Morgan fingerprint density at radius 3 is 2.59 bits per heavy atom. The Kier molecular flexibility index (Phi) is 5.97. The molecule has 0 aliphatic carbocycles. The number of H-pyrrole nitrogens is 2. The van der Waals surface area contributed by atoms with Crippen molar-refractivity contribution >= 4 is 33.5 Å². The summed E-state index contributed by atoms with van der Waals surface area (Å²) in [5.41, 5.74) is 6.27. The lowest BCUT2D eigenvalue weighted by atomic mass is 10.0. The monoisotopic (exact) mass is 540 g/mol. The fourth-order valence-electron chi connectivity index (χ4n) is 4.84. The Balaban J connectivity index is 1.24. The molecule has 7 rings (SSSR count). The molecule has 7 aromatic rings. The van der Waals surface area contributed by atoms with Crippen molar-refractivity contribution in [1.29, 1.82) is 0 Å². The number of hydrogen-bond donors (Lipinski definition) is 3. The second kappa shape index (κ2) is 10.1. The third-order valence-corrected chi connectivity index (χ3v) is 6.75. The maximum Gasteiger partial charge on any atom is 0.228 e. The number of hydrogen-bond acceptors (Lipinski definition) is 6. The van der Waals surface area contributed by atoms with Crippen molar-refractivity contribution in [3.63, 3.8) is 0 Å². The topological polar surface area (TPSA) is 125 Å². The van der Waals surface area contributed by atoms with E-state index >= 15 is 4.39 Å². The van der Waals surface area contributed by atoms with Crippen molar-refractivity contribution < 1.29 is 9.18 Å². The summed E-state index contributed by atoms with van der Waals surface area (Å²) in [6, 6.07) is 19.9. The first-order valence-electron chi connectivity index (χ1n) is 12.8. The number of rotatable bonds is 6. The van der Waals surface area contributed by atoms with Crippen LogP contribution in [-0.2, 0) is 11.2 Å². The summed E-state index contributed by atoms with van der Waals surface area (Å²) in [5.74, 6) is -0.120. The number of anilines is 1. The molecule has 3 N–H and O–H groups in total. The maximum absolute atomic E-state index is 15.3. The molecule has 0 fully saturated rings.